The molecule has 0 spiro atoms. The Labute approximate surface area is 145 Å². The molecule has 0 unspecified atom stereocenters. The molecule has 1 fully saturated rings. The van der Waals surface area contributed by atoms with E-state index in [0.717, 1.165) is 17.5 Å². The second kappa shape index (κ2) is 6.47. The molecule has 6 heteroatoms. The monoisotopic (exact) mass is 334 g/mol. The molecule has 1 atom stereocenters. The molecule has 1 aromatic carbocycles. The molecule has 0 radical (unpaired) electrons. The molecule has 1 aliphatic heterocycles. The van der Waals surface area contributed by atoms with E-state index in [2.05, 4.69) is 15.1 Å². The van der Waals surface area contributed by atoms with Crippen molar-refractivity contribution < 1.29 is 9.32 Å². The number of carbonyl (C=O) groups excluding carboxylic acids is 1. The van der Waals surface area contributed by atoms with Gasteiger partial charge in [-0.2, -0.15) is 4.98 Å². The summed E-state index contributed by atoms with van der Waals surface area (Å²) in [5, 5.41) is 4.02. The Morgan fingerprint density at radius 1 is 1.24 bits per heavy atom. The first kappa shape index (κ1) is 15.5. The van der Waals surface area contributed by atoms with Crippen molar-refractivity contribution in [3.63, 3.8) is 0 Å². The van der Waals surface area contributed by atoms with Crippen LogP contribution in [0.4, 0.5) is 0 Å². The molecule has 1 amide bonds. The maximum Gasteiger partial charge on any atom is 0.253 e. The Kier molecular flexibility index (Phi) is 4.01. The lowest BCUT2D eigenvalue weighted by atomic mass is 10.1. The quantitative estimate of drug-likeness (QED) is 0.736. The molecular weight excluding hydrogens is 316 g/mol. The molecule has 0 bridgehead atoms. The molecule has 2 aromatic heterocycles. The standard InChI is InChI=1S/C19H18N4O2/c1-13-5-4-6-14(11-13)19(24)23-10-8-15(12-23)18-21-17(22-25-18)16-7-2-3-9-20-16/h2-7,9,11,15H,8,10,12H2,1H3/t15-/m0/s1. The minimum absolute atomic E-state index is 0.0515. The predicted octanol–water partition coefficient (Wildman–Crippen LogP) is 3.07. The molecule has 0 saturated carbocycles. The van der Waals surface area contributed by atoms with Gasteiger partial charge in [-0.15, -0.1) is 0 Å². The van der Waals surface area contributed by atoms with Gasteiger partial charge in [-0.25, -0.2) is 0 Å². The number of nitrogens with zero attached hydrogens (tertiary/aromatic N) is 4. The van der Waals surface area contributed by atoms with Crippen LogP contribution in [-0.4, -0.2) is 39.0 Å². The van der Waals surface area contributed by atoms with Crippen molar-refractivity contribution in [3.8, 4) is 11.5 Å². The van der Waals surface area contributed by atoms with E-state index in [1.165, 1.54) is 0 Å². The Bertz CT molecular complexity index is 891. The molecule has 0 N–H and O–H groups in total. The van der Waals surface area contributed by atoms with Gasteiger partial charge in [0.15, 0.2) is 0 Å². The van der Waals surface area contributed by atoms with Crippen LogP contribution in [0.15, 0.2) is 53.2 Å². The predicted molar refractivity (Wildman–Crippen MR) is 92.0 cm³/mol. The Morgan fingerprint density at radius 3 is 2.96 bits per heavy atom. The van der Waals surface area contributed by atoms with Gasteiger partial charge in [-0.3, -0.25) is 9.78 Å². The molecular formula is C19H18N4O2. The van der Waals surface area contributed by atoms with Crippen molar-refractivity contribution in [2.24, 2.45) is 0 Å². The SMILES string of the molecule is Cc1cccc(C(=O)N2CC[C@H](c3nc(-c4ccccn4)no3)C2)c1. The first-order valence-electron chi connectivity index (χ1n) is 8.31. The summed E-state index contributed by atoms with van der Waals surface area (Å²) in [6, 6.07) is 13.2. The Morgan fingerprint density at radius 2 is 2.16 bits per heavy atom. The fraction of sp³-hybridized carbons (Fsp3) is 0.263. The number of rotatable bonds is 3. The minimum atomic E-state index is 0.0515. The van der Waals surface area contributed by atoms with E-state index in [4.69, 9.17) is 4.52 Å². The van der Waals surface area contributed by atoms with E-state index in [1.54, 1.807) is 6.20 Å². The summed E-state index contributed by atoms with van der Waals surface area (Å²) >= 11 is 0. The van der Waals surface area contributed by atoms with Gasteiger partial charge >= 0.3 is 0 Å². The van der Waals surface area contributed by atoms with Crippen LogP contribution < -0.4 is 0 Å². The topological polar surface area (TPSA) is 72.1 Å². The first-order valence-corrected chi connectivity index (χ1v) is 8.31. The minimum Gasteiger partial charge on any atom is -0.339 e. The lowest BCUT2D eigenvalue weighted by Gasteiger charge is -2.16. The van der Waals surface area contributed by atoms with Crippen LogP contribution in [0, 0.1) is 6.92 Å². The van der Waals surface area contributed by atoms with E-state index in [1.807, 2.05) is 54.3 Å². The summed E-state index contributed by atoms with van der Waals surface area (Å²) in [5.41, 5.74) is 2.49. The highest BCUT2D eigenvalue weighted by atomic mass is 16.5. The number of hydrogen-bond donors (Lipinski definition) is 0. The van der Waals surface area contributed by atoms with Gasteiger partial charge in [-0.1, -0.05) is 28.9 Å². The fourth-order valence-corrected chi connectivity index (χ4v) is 3.11. The van der Waals surface area contributed by atoms with E-state index in [9.17, 15) is 4.79 Å². The summed E-state index contributed by atoms with van der Waals surface area (Å²) in [7, 11) is 0. The average molecular weight is 334 g/mol. The largest absolute Gasteiger partial charge is 0.339 e. The van der Waals surface area contributed by atoms with E-state index >= 15 is 0 Å². The van der Waals surface area contributed by atoms with E-state index in [-0.39, 0.29) is 11.8 Å². The third-order valence-corrected chi connectivity index (χ3v) is 4.43. The summed E-state index contributed by atoms with van der Waals surface area (Å²) in [4.78, 5) is 23.2. The zero-order chi connectivity index (χ0) is 17.2. The maximum atomic E-state index is 12.7. The van der Waals surface area contributed by atoms with Gasteiger partial charge in [-0.05, 0) is 37.6 Å². The van der Waals surface area contributed by atoms with Crippen molar-refractivity contribution in [2.75, 3.05) is 13.1 Å². The normalized spacial score (nSPS) is 17.0. The zero-order valence-electron chi connectivity index (χ0n) is 13.9. The van der Waals surface area contributed by atoms with Crippen molar-refractivity contribution in [2.45, 2.75) is 19.3 Å². The van der Waals surface area contributed by atoms with E-state index < -0.39 is 0 Å². The number of likely N-dealkylation sites (tertiary alicyclic amines) is 1. The molecule has 6 nitrogen and oxygen atoms in total. The van der Waals surface area contributed by atoms with Crippen LogP contribution in [-0.2, 0) is 0 Å². The average Bonchev–Trinajstić information content (AvgIpc) is 3.31. The molecule has 3 aromatic rings. The number of aryl methyl sites for hydroxylation is 1. The number of carbonyl (C=O) groups is 1. The molecule has 4 rings (SSSR count). The number of pyridine rings is 1. The van der Waals surface area contributed by atoms with Gasteiger partial charge in [0.25, 0.3) is 5.91 Å². The smallest absolute Gasteiger partial charge is 0.253 e. The number of amides is 1. The zero-order valence-corrected chi connectivity index (χ0v) is 13.9. The highest BCUT2D eigenvalue weighted by molar-refractivity contribution is 5.94. The number of hydrogen-bond acceptors (Lipinski definition) is 5. The van der Waals surface area contributed by atoms with Crippen LogP contribution in [0.25, 0.3) is 11.5 Å². The van der Waals surface area contributed by atoms with Gasteiger partial charge in [0.2, 0.25) is 11.7 Å². The molecule has 0 aliphatic carbocycles. The van der Waals surface area contributed by atoms with Crippen molar-refractivity contribution >= 4 is 5.91 Å². The lowest BCUT2D eigenvalue weighted by Crippen LogP contribution is -2.28. The molecule has 3 heterocycles. The Hall–Kier alpha value is -3.02. The van der Waals surface area contributed by atoms with E-state index in [0.29, 0.717) is 30.5 Å². The van der Waals surface area contributed by atoms with Gasteiger partial charge < -0.3 is 9.42 Å². The van der Waals surface area contributed by atoms with Crippen molar-refractivity contribution in [3.05, 3.63) is 65.7 Å². The van der Waals surface area contributed by atoms with Crippen LogP contribution in [0.5, 0.6) is 0 Å². The van der Waals surface area contributed by atoms with Crippen LogP contribution in [0.2, 0.25) is 0 Å². The fourth-order valence-electron chi connectivity index (χ4n) is 3.11. The third kappa shape index (κ3) is 3.15. The third-order valence-electron chi connectivity index (χ3n) is 4.43. The van der Waals surface area contributed by atoms with Crippen LogP contribution in [0.3, 0.4) is 0 Å². The second-order valence-electron chi connectivity index (χ2n) is 6.28. The highest BCUT2D eigenvalue weighted by Crippen LogP contribution is 2.28. The molecule has 126 valence electrons. The highest BCUT2D eigenvalue weighted by Gasteiger charge is 2.31. The van der Waals surface area contributed by atoms with Crippen LogP contribution >= 0.6 is 0 Å². The van der Waals surface area contributed by atoms with Crippen molar-refractivity contribution in [1.82, 2.24) is 20.0 Å². The van der Waals surface area contributed by atoms with Crippen molar-refractivity contribution in [1.29, 1.82) is 0 Å². The number of benzene rings is 1. The second-order valence-corrected chi connectivity index (χ2v) is 6.28. The summed E-state index contributed by atoms with van der Waals surface area (Å²) < 4.78 is 5.42. The van der Waals surface area contributed by atoms with Gasteiger partial charge in [0.1, 0.15) is 5.69 Å². The first-order chi connectivity index (χ1) is 12.2. The molecule has 1 aliphatic rings. The number of aromatic nitrogens is 3. The maximum absolute atomic E-state index is 12.7. The molecule has 25 heavy (non-hydrogen) atoms. The van der Waals surface area contributed by atoms with Gasteiger partial charge in [0.05, 0.1) is 5.92 Å². The summed E-state index contributed by atoms with van der Waals surface area (Å²) in [5.74, 6) is 1.17. The van der Waals surface area contributed by atoms with Crippen LogP contribution in [0.1, 0.15) is 34.2 Å². The Balaban J connectivity index is 1.48. The summed E-state index contributed by atoms with van der Waals surface area (Å²) in [6.07, 6.45) is 2.52. The molecule has 1 saturated heterocycles. The summed E-state index contributed by atoms with van der Waals surface area (Å²) in [6.45, 7) is 3.27. The van der Waals surface area contributed by atoms with Gasteiger partial charge in [0, 0.05) is 24.8 Å². The lowest BCUT2D eigenvalue weighted by molar-refractivity contribution is 0.0789.